The van der Waals surface area contributed by atoms with Crippen LogP contribution in [0.2, 0.25) is 10.0 Å². The van der Waals surface area contributed by atoms with E-state index in [1.807, 2.05) is 51.1 Å². The van der Waals surface area contributed by atoms with Crippen molar-refractivity contribution in [1.29, 1.82) is 0 Å². The number of nitrogens with one attached hydrogen (secondary N) is 1. The molecule has 0 aromatic heterocycles. The van der Waals surface area contributed by atoms with Crippen molar-refractivity contribution in [2.45, 2.75) is 50.7 Å². The predicted molar refractivity (Wildman–Crippen MR) is 176 cm³/mol. The average Bonchev–Trinajstić information content (AvgIpc) is 2.99. The molecular formula is C34H35Cl2N3O4S. The third-order valence-electron chi connectivity index (χ3n) is 6.97. The SMILES string of the molecule is Cc1ccc(N(CC(=O)N(Cc2ccc(Cl)cc2)[C@H](Cc2ccccc2)C(=O)NC(C)C)S(=O)(=O)c2ccc(Cl)cc2)cc1. The molecule has 0 saturated heterocycles. The lowest BCUT2D eigenvalue weighted by Crippen LogP contribution is -2.54. The van der Waals surface area contributed by atoms with Gasteiger partial charge in [0, 0.05) is 29.1 Å². The Kier molecular flexibility index (Phi) is 11.1. The highest BCUT2D eigenvalue weighted by atomic mass is 35.5. The third-order valence-corrected chi connectivity index (χ3v) is 9.26. The molecule has 10 heteroatoms. The minimum Gasteiger partial charge on any atom is -0.352 e. The Morgan fingerprint density at radius 3 is 1.91 bits per heavy atom. The number of carbonyl (C=O) groups is 2. The van der Waals surface area contributed by atoms with Crippen molar-refractivity contribution in [3.05, 3.63) is 130 Å². The summed E-state index contributed by atoms with van der Waals surface area (Å²) in [6.45, 7) is 5.10. The summed E-state index contributed by atoms with van der Waals surface area (Å²) in [5.41, 5.74) is 2.84. The van der Waals surface area contributed by atoms with Crippen LogP contribution >= 0.6 is 23.2 Å². The van der Waals surface area contributed by atoms with Gasteiger partial charge in [-0.1, -0.05) is 83.4 Å². The molecule has 0 radical (unpaired) electrons. The summed E-state index contributed by atoms with van der Waals surface area (Å²) >= 11 is 12.2. The number of hydrogen-bond donors (Lipinski definition) is 1. The van der Waals surface area contributed by atoms with Gasteiger partial charge in [-0.3, -0.25) is 13.9 Å². The molecule has 0 saturated carbocycles. The van der Waals surface area contributed by atoms with Crippen molar-refractivity contribution >= 4 is 50.7 Å². The van der Waals surface area contributed by atoms with Crippen molar-refractivity contribution in [3.8, 4) is 0 Å². The zero-order valence-corrected chi connectivity index (χ0v) is 27.1. The number of anilines is 1. The van der Waals surface area contributed by atoms with Gasteiger partial charge in [-0.05, 0) is 80.4 Å². The summed E-state index contributed by atoms with van der Waals surface area (Å²) in [5, 5.41) is 3.86. The van der Waals surface area contributed by atoms with Crippen molar-refractivity contribution in [2.75, 3.05) is 10.8 Å². The van der Waals surface area contributed by atoms with Gasteiger partial charge in [-0.25, -0.2) is 8.42 Å². The molecule has 0 aliphatic rings. The highest BCUT2D eigenvalue weighted by Gasteiger charge is 2.34. The van der Waals surface area contributed by atoms with Crippen molar-refractivity contribution < 1.29 is 18.0 Å². The van der Waals surface area contributed by atoms with E-state index in [2.05, 4.69) is 5.32 Å². The topological polar surface area (TPSA) is 86.8 Å². The van der Waals surface area contributed by atoms with Gasteiger partial charge in [0.2, 0.25) is 11.8 Å². The van der Waals surface area contributed by atoms with Gasteiger partial charge in [0.1, 0.15) is 12.6 Å². The van der Waals surface area contributed by atoms with Crippen molar-refractivity contribution in [3.63, 3.8) is 0 Å². The zero-order valence-electron chi connectivity index (χ0n) is 24.8. The molecule has 44 heavy (non-hydrogen) atoms. The highest BCUT2D eigenvalue weighted by molar-refractivity contribution is 7.92. The number of amides is 2. The fourth-order valence-electron chi connectivity index (χ4n) is 4.69. The molecule has 4 aromatic carbocycles. The summed E-state index contributed by atoms with van der Waals surface area (Å²) < 4.78 is 29.2. The van der Waals surface area contributed by atoms with E-state index in [0.717, 1.165) is 21.0 Å². The Bertz CT molecular complexity index is 1660. The van der Waals surface area contributed by atoms with Crippen LogP contribution in [0.5, 0.6) is 0 Å². The fraction of sp³-hybridized carbons (Fsp3) is 0.235. The van der Waals surface area contributed by atoms with Crippen LogP contribution < -0.4 is 9.62 Å². The maximum absolute atomic E-state index is 14.4. The van der Waals surface area contributed by atoms with Crippen LogP contribution in [-0.4, -0.2) is 43.8 Å². The van der Waals surface area contributed by atoms with Gasteiger partial charge in [0.25, 0.3) is 10.0 Å². The number of carbonyl (C=O) groups excluding carboxylic acids is 2. The quantitative estimate of drug-likeness (QED) is 0.186. The number of halogens is 2. The van der Waals surface area contributed by atoms with Crippen LogP contribution in [0, 0.1) is 6.92 Å². The lowest BCUT2D eigenvalue weighted by molar-refractivity contribution is -0.140. The van der Waals surface area contributed by atoms with Crippen molar-refractivity contribution in [1.82, 2.24) is 10.2 Å². The van der Waals surface area contributed by atoms with E-state index in [0.29, 0.717) is 15.7 Å². The molecule has 1 atom stereocenters. The minimum atomic E-state index is -4.21. The van der Waals surface area contributed by atoms with E-state index in [1.165, 1.54) is 29.2 Å². The largest absolute Gasteiger partial charge is 0.352 e. The molecule has 0 aliphatic heterocycles. The first-order chi connectivity index (χ1) is 20.9. The van der Waals surface area contributed by atoms with Crippen molar-refractivity contribution in [2.24, 2.45) is 0 Å². The standard InChI is InChI=1S/C34H35Cl2N3O4S/c1-24(2)37-34(41)32(21-26-7-5-4-6-8-26)38(22-27-11-13-28(35)14-12-27)33(40)23-39(30-17-9-25(3)10-18-30)44(42,43)31-19-15-29(36)16-20-31/h4-20,24,32H,21-23H2,1-3H3,(H,37,41)/t32-/m1/s1. The van der Waals surface area contributed by atoms with E-state index >= 15 is 0 Å². The number of aryl methyl sites for hydroxylation is 1. The third kappa shape index (κ3) is 8.62. The summed E-state index contributed by atoms with van der Waals surface area (Å²) in [6.07, 6.45) is 0.229. The average molecular weight is 653 g/mol. The smallest absolute Gasteiger partial charge is 0.264 e. The molecule has 0 unspecified atom stereocenters. The van der Waals surface area contributed by atoms with Crippen LogP contribution in [0.15, 0.2) is 108 Å². The second-order valence-electron chi connectivity index (χ2n) is 10.8. The van der Waals surface area contributed by atoms with Crippen LogP contribution in [0.4, 0.5) is 5.69 Å². The number of nitrogens with zero attached hydrogens (tertiary/aromatic N) is 2. The number of benzene rings is 4. The molecule has 0 heterocycles. The normalized spacial score (nSPS) is 12.0. The number of sulfonamides is 1. The first-order valence-corrected chi connectivity index (χ1v) is 16.4. The Morgan fingerprint density at radius 2 is 1.34 bits per heavy atom. The monoisotopic (exact) mass is 651 g/mol. The van der Waals surface area contributed by atoms with Gasteiger partial charge in [0.05, 0.1) is 10.6 Å². The highest BCUT2D eigenvalue weighted by Crippen LogP contribution is 2.26. The number of hydrogen-bond acceptors (Lipinski definition) is 4. The molecule has 4 rings (SSSR count). The summed E-state index contributed by atoms with van der Waals surface area (Å²) in [6, 6.07) is 28.0. The molecule has 2 amide bonds. The maximum atomic E-state index is 14.4. The Balaban J connectivity index is 1.79. The molecule has 1 N–H and O–H groups in total. The summed E-state index contributed by atoms with van der Waals surface area (Å²) in [5.74, 6) is -0.883. The summed E-state index contributed by atoms with van der Waals surface area (Å²) in [4.78, 5) is 29.6. The van der Waals surface area contributed by atoms with Crippen LogP contribution in [0.1, 0.15) is 30.5 Å². The van der Waals surface area contributed by atoms with E-state index in [-0.39, 0.29) is 29.8 Å². The number of rotatable bonds is 12. The Labute approximate surface area is 269 Å². The second-order valence-corrected chi connectivity index (χ2v) is 13.6. The van der Waals surface area contributed by atoms with E-state index < -0.39 is 28.5 Å². The Hall–Kier alpha value is -3.85. The van der Waals surface area contributed by atoms with Crippen LogP contribution in [-0.2, 0) is 32.6 Å². The van der Waals surface area contributed by atoms with Gasteiger partial charge in [-0.2, -0.15) is 0 Å². The first kappa shape index (κ1) is 33.1. The lowest BCUT2D eigenvalue weighted by Gasteiger charge is -2.34. The predicted octanol–water partition coefficient (Wildman–Crippen LogP) is 6.66. The molecule has 0 fully saturated rings. The summed E-state index contributed by atoms with van der Waals surface area (Å²) in [7, 11) is -4.21. The maximum Gasteiger partial charge on any atom is 0.264 e. The van der Waals surface area contributed by atoms with Gasteiger partial charge in [-0.15, -0.1) is 0 Å². The molecule has 7 nitrogen and oxygen atoms in total. The van der Waals surface area contributed by atoms with Gasteiger partial charge in [0.15, 0.2) is 0 Å². The molecule has 230 valence electrons. The Morgan fingerprint density at radius 1 is 0.773 bits per heavy atom. The van der Waals surface area contributed by atoms with Crippen LogP contribution in [0.3, 0.4) is 0 Å². The second kappa shape index (κ2) is 14.8. The van der Waals surface area contributed by atoms with E-state index in [1.54, 1.807) is 48.5 Å². The molecular weight excluding hydrogens is 617 g/mol. The van der Waals surface area contributed by atoms with Gasteiger partial charge >= 0.3 is 0 Å². The van der Waals surface area contributed by atoms with E-state index in [9.17, 15) is 18.0 Å². The van der Waals surface area contributed by atoms with Gasteiger partial charge < -0.3 is 10.2 Å². The zero-order chi connectivity index (χ0) is 31.9. The lowest BCUT2D eigenvalue weighted by atomic mass is 10.0. The van der Waals surface area contributed by atoms with Crippen LogP contribution in [0.25, 0.3) is 0 Å². The minimum absolute atomic E-state index is 0.0158. The molecule has 0 spiro atoms. The fourth-order valence-corrected chi connectivity index (χ4v) is 6.36. The molecule has 4 aromatic rings. The molecule has 0 aliphatic carbocycles. The van der Waals surface area contributed by atoms with E-state index in [4.69, 9.17) is 23.2 Å². The first-order valence-electron chi connectivity index (χ1n) is 14.2. The molecule has 0 bridgehead atoms.